The molecule has 1 fully saturated rings. The van der Waals surface area contributed by atoms with E-state index < -0.39 is 24.3 Å². The lowest BCUT2D eigenvalue weighted by atomic mass is 10.1. The molecule has 1 saturated heterocycles. The molecular formula is C26H41N3O9. The topological polar surface area (TPSA) is 142 Å². The highest BCUT2D eigenvalue weighted by Crippen LogP contribution is 2.17. The fraction of sp³-hybridized carbons (Fsp3) is 0.769. The number of carbonyl (C=O) groups is 3. The molecule has 0 bridgehead atoms. The molecule has 0 aromatic rings. The SMILES string of the molecule is [C-]#[N+]CC(CC(=O)OCC)OC1CCCCO1.[C-]#[N+]CC(O)CC(=O)CC.[C-]#[N+]CC(O)CC(=O)OCC. The van der Waals surface area contributed by atoms with Crippen molar-refractivity contribution in [2.45, 2.75) is 90.3 Å². The number of aliphatic hydroxyl groups excluding tert-OH is 2. The summed E-state index contributed by atoms with van der Waals surface area (Å²) in [4.78, 5) is 41.8. The van der Waals surface area contributed by atoms with Crippen molar-refractivity contribution in [1.82, 2.24) is 0 Å². The summed E-state index contributed by atoms with van der Waals surface area (Å²) in [7, 11) is 0. The molecule has 0 radical (unpaired) electrons. The van der Waals surface area contributed by atoms with Crippen molar-refractivity contribution in [2.75, 3.05) is 39.5 Å². The molecule has 1 aliphatic rings. The second-order valence-electron chi connectivity index (χ2n) is 8.00. The average molecular weight is 540 g/mol. The maximum Gasteiger partial charge on any atom is 0.308 e. The van der Waals surface area contributed by atoms with Crippen LogP contribution in [0.2, 0.25) is 0 Å². The molecule has 0 saturated carbocycles. The summed E-state index contributed by atoms with van der Waals surface area (Å²) in [6, 6.07) is 0. The summed E-state index contributed by atoms with van der Waals surface area (Å²) < 4.78 is 20.4. The monoisotopic (exact) mass is 539 g/mol. The number of carbonyl (C=O) groups excluding carboxylic acids is 3. The number of esters is 2. The fourth-order valence-corrected chi connectivity index (χ4v) is 2.86. The first kappa shape index (κ1) is 37.1. The second kappa shape index (κ2) is 25.6. The van der Waals surface area contributed by atoms with Gasteiger partial charge in [0.2, 0.25) is 19.6 Å². The zero-order valence-corrected chi connectivity index (χ0v) is 22.6. The van der Waals surface area contributed by atoms with Gasteiger partial charge in [-0.05, 0) is 33.1 Å². The molecule has 0 aliphatic carbocycles. The molecule has 4 atom stereocenters. The van der Waals surface area contributed by atoms with Gasteiger partial charge >= 0.3 is 11.9 Å². The van der Waals surface area contributed by atoms with E-state index in [4.69, 9.17) is 44.1 Å². The van der Waals surface area contributed by atoms with Crippen LogP contribution in [0.3, 0.4) is 0 Å². The normalized spacial score (nSPS) is 16.2. The van der Waals surface area contributed by atoms with Crippen molar-refractivity contribution in [3.63, 3.8) is 0 Å². The first-order valence-electron chi connectivity index (χ1n) is 12.6. The highest BCUT2D eigenvalue weighted by atomic mass is 16.7. The molecule has 12 nitrogen and oxygen atoms in total. The number of hydrogen-bond donors (Lipinski definition) is 2. The van der Waals surface area contributed by atoms with Crippen LogP contribution >= 0.6 is 0 Å². The molecule has 2 N–H and O–H groups in total. The smallest absolute Gasteiger partial charge is 0.308 e. The summed E-state index contributed by atoms with van der Waals surface area (Å²) in [6.45, 7) is 26.3. The molecule has 214 valence electrons. The molecule has 1 heterocycles. The molecule has 12 heteroatoms. The Hall–Kier alpha value is -3.08. The molecule has 4 unspecified atom stereocenters. The van der Waals surface area contributed by atoms with E-state index in [1.165, 1.54) is 0 Å². The number of hydrogen-bond acceptors (Lipinski definition) is 9. The van der Waals surface area contributed by atoms with Crippen LogP contribution in [-0.4, -0.2) is 92.0 Å². The number of ketones is 1. The number of rotatable bonds is 14. The quantitative estimate of drug-likeness (QED) is 0.252. The fourth-order valence-electron chi connectivity index (χ4n) is 2.86. The van der Waals surface area contributed by atoms with Crippen molar-refractivity contribution < 1.29 is 43.5 Å². The maximum atomic E-state index is 11.3. The van der Waals surface area contributed by atoms with E-state index in [1.54, 1.807) is 20.8 Å². The Morgan fingerprint density at radius 2 is 1.37 bits per heavy atom. The molecule has 1 aliphatic heterocycles. The second-order valence-corrected chi connectivity index (χ2v) is 8.00. The summed E-state index contributed by atoms with van der Waals surface area (Å²) >= 11 is 0. The standard InChI is InChI=1S/C12H19NO4.C7H11NO3.C7H11NO2/c1-3-15-11(14)8-10(9-13-2)17-12-6-4-5-7-16-12;1-3-11-7(10)4-6(9)5-8-2;1-3-6(9)4-7(10)5-8-2/h10,12H,3-9H2,1H3;6,9H,3-5H2,1H3;7,10H,3-5H2,1H3. The zero-order valence-electron chi connectivity index (χ0n) is 22.6. The van der Waals surface area contributed by atoms with Gasteiger partial charge in [-0.2, -0.15) is 0 Å². The van der Waals surface area contributed by atoms with E-state index >= 15 is 0 Å². The van der Waals surface area contributed by atoms with Gasteiger partial charge in [0.1, 0.15) is 24.1 Å². The third-order valence-electron chi connectivity index (χ3n) is 4.65. The molecular weight excluding hydrogens is 498 g/mol. The van der Waals surface area contributed by atoms with Gasteiger partial charge < -0.3 is 43.7 Å². The van der Waals surface area contributed by atoms with Crippen LogP contribution in [0.5, 0.6) is 0 Å². The van der Waals surface area contributed by atoms with Crippen molar-refractivity contribution in [1.29, 1.82) is 0 Å². The summed E-state index contributed by atoms with van der Waals surface area (Å²) in [5, 5.41) is 17.8. The largest absolute Gasteiger partial charge is 0.466 e. The minimum atomic E-state index is -0.883. The van der Waals surface area contributed by atoms with Gasteiger partial charge in [-0.1, -0.05) is 6.92 Å². The van der Waals surface area contributed by atoms with Gasteiger partial charge in [0.15, 0.2) is 6.29 Å². The highest BCUT2D eigenvalue weighted by molar-refractivity contribution is 5.78. The number of nitrogens with zero attached hydrogens (tertiary/aromatic N) is 3. The number of Topliss-reactive ketones (excluding diaryl/α,β-unsaturated/α-hetero) is 1. The van der Waals surface area contributed by atoms with Crippen LogP contribution in [0.15, 0.2) is 0 Å². The molecule has 0 amide bonds. The Balaban J connectivity index is 0. The van der Waals surface area contributed by atoms with Crippen molar-refractivity contribution >= 4 is 17.7 Å². The van der Waals surface area contributed by atoms with E-state index in [-0.39, 0.29) is 56.9 Å². The first-order valence-corrected chi connectivity index (χ1v) is 12.6. The zero-order chi connectivity index (χ0) is 29.2. The lowest BCUT2D eigenvalue weighted by Gasteiger charge is -2.25. The van der Waals surface area contributed by atoms with Crippen LogP contribution in [0.1, 0.15) is 65.7 Å². The van der Waals surface area contributed by atoms with Crippen LogP contribution in [-0.2, 0) is 33.3 Å². The number of ether oxygens (including phenoxy) is 4. The number of aliphatic hydroxyl groups is 2. The van der Waals surface area contributed by atoms with Gasteiger partial charge in [0.05, 0.1) is 26.1 Å². The Morgan fingerprint density at radius 3 is 1.82 bits per heavy atom. The van der Waals surface area contributed by atoms with Gasteiger partial charge in [-0.25, -0.2) is 19.7 Å². The van der Waals surface area contributed by atoms with Gasteiger partial charge in [-0.15, -0.1) is 0 Å². The maximum absolute atomic E-state index is 11.3. The predicted octanol–water partition coefficient (Wildman–Crippen LogP) is 2.63. The van der Waals surface area contributed by atoms with E-state index in [1.807, 2.05) is 0 Å². The predicted molar refractivity (Wildman–Crippen MR) is 137 cm³/mol. The minimum Gasteiger partial charge on any atom is -0.466 e. The van der Waals surface area contributed by atoms with E-state index in [9.17, 15) is 14.4 Å². The summed E-state index contributed by atoms with van der Waals surface area (Å²) in [6.07, 6.45) is 1.20. The van der Waals surface area contributed by atoms with Gasteiger partial charge in [0.25, 0.3) is 0 Å². The molecule has 0 aromatic carbocycles. The third-order valence-corrected chi connectivity index (χ3v) is 4.65. The molecule has 0 aromatic heterocycles. The lowest BCUT2D eigenvalue weighted by molar-refractivity contribution is -0.189. The van der Waals surface area contributed by atoms with Crippen LogP contribution in [0.4, 0.5) is 0 Å². The van der Waals surface area contributed by atoms with Crippen LogP contribution in [0, 0.1) is 19.7 Å². The van der Waals surface area contributed by atoms with E-state index in [0.29, 0.717) is 26.2 Å². The van der Waals surface area contributed by atoms with Crippen molar-refractivity contribution in [3.8, 4) is 0 Å². The Labute approximate surface area is 225 Å². The Kier molecular flexibility index (Phi) is 24.9. The molecule has 38 heavy (non-hydrogen) atoms. The minimum absolute atomic E-state index is 0.0103. The van der Waals surface area contributed by atoms with Crippen molar-refractivity contribution in [2.24, 2.45) is 0 Å². The summed E-state index contributed by atoms with van der Waals surface area (Å²) in [5.41, 5.74) is 0. The first-order chi connectivity index (χ1) is 18.2. The van der Waals surface area contributed by atoms with Crippen LogP contribution < -0.4 is 0 Å². The lowest BCUT2D eigenvalue weighted by Crippen LogP contribution is -2.31. The Bertz CT molecular complexity index is 780. The van der Waals surface area contributed by atoms with Crippen molar-refractivity contribution in [3.05, 3.63) is 34.3 Å². The molecule has 0 spiro atoms. The highest BCUT2D eigenvalue weighted by Gasteiger charge is 2.24. The van der Waals surface area contributed by atoms with E-state index in [0.717, 1.165) is 19.3 Å². The van der Waals surface area contributed by atoms with Gasteiger partial charge in [-0.3, -0.25) is 14.4 Å². The third kappa shape index (κ3) is 23.3. The van der Waals surface area contributed by atoms with E-state index in [2.05, 4.69) is 19.3 Å². The molecule has 1 rings (SSSR count). The average Bonchev–Trinajstić information content (AvgIpc) is 2.86. The Morgan fingerprint density at radius 1 is 0.842 bits per heavy atom. The van der Waals surface area contributed by atoms with Crippen LogP contribution in [0.25, 0.3) is 14.5 Å². The van der Waals surface area contributed by atoms with Gasteiger partial charge in [0, 0.05) is 19.4 Å². The summed E-state index contributed by atoms with van der Waals surface area (Å²) in [5.74, 6) is -0.767.